The molecule has 0 aliphatic carbocycles. The number of nitrogens with two attached hydrogens (primary N) is 2. The molecule has 6 N–H and O–H groups in total. The van der Waals surface area contributed by atoms with Crippen LogP contribution in [-0.2, 0) is 4.79 Å². The molecule has 0 heterocycles. The Morgan fingerprint density at radius 1 is 1.12 bits per heavy atom. The van der Waals surface area contributed by atoms with E-state index < -0.39 is 24.0 Å². The molecular weight excluding hydrogens is 224 g/mol. The Hall–Kier alpha value is -1.92. The summed E-state index contributed by atoms with van der Waals surface area (Å²) in [7, 11) is 0. The summed E-state index contributed by atoms with van der Waals surface area (Å²) in [4.78, 5) is 21.4. The van der Waals surface area contributed by atoms with E-state index in [4.69, 9.17) is 11.5 Å². The van der Waals surface area contributed by atoms with E-state index in [0.717, 1.165) is 0 Å². The zero-order chi connectivity index (χ0) is 13.0. The topological polar surface area (TPSA) is 127 Å². The van der Waals surface area contributed by atoms with E-state index in [2.05, 4.69) is 0 Å². The average molecular weight is 238 g/mol. The number of aliphatic hydroxyl groups is 2. The Morgan fingerprint density at radius 2 is 1.65 bits per heavy atom. The largest absolute Gasteiger partial charge is 0.390 e. The Balaban J connectivity index is 2.78. The minimum atomic E-state index is -1.27. The zero-order valence-electron chi connectivity index (χ0n) is 9.04. The molecule has 17 heavy (non-hydrogen) atoms. The van der Waals surface area contributed by atoms with Gasteiger partial charge in [0.15, 0.2) is 0 Å². The molecule has 0 aliphatic heterocycles. The van der Waals surface area contributed by atoms with Crippen LogP contribution >= 0.6 is 0 Å². The lowest BCUT2D eigenvalue weighted by Gasteiger charge is -2.16. The van der Waals surface area contributed by atoms with Gasteiger partial charge in [0, 0.05) is 5.56 Å². The molecule has 6 heteroatoms. The molecule has 1 aromatic rings. The maximum absolute atomic E-state index is 10.8. The molecule has 1 aromatic carbocycles. The standard InChI is InChI=1S/C11H14N2O4/c12-9(15)5-8(14)10(16)6-1-3-7(4-2-6)11(13)17/h1-4,8,10,14,16H,5H2,(H2,12,15)(H2,13,17). The van der Waals surface area contributed by atoms with Gasteiger partial charge in [0.05, 0.1) is 12.5 Å². The number of hydrogen-bond donors (Lipinski definition) is 4. The van der Waals surface area contributed by atoms with E-state index >= 15 is 0 Å². The molecule has 0 aromatic heterocycles. The maximum atomic E-state index is 10.8. The molecule has 92 valence electrons. The number of rotatable bonds is 5. The van der Waals surface area contributed by atoms with Crippen molar-refractivity contribution < 1.29 is 19.8 Å². The van der Waals surface area contributed by atoms with Crippen LogP contribution < -0.4 is 11.5 Å². The van der Waals surface area contributed by atoms with E-state index in [0.29, 0.717) is 11.1 Å². The van der Waals surface area contributed by atoms with Crippen molar-refractivity contribution >= 4 is 11.8 Å². The van der Waals surface area contributed by atoms with Crippen molar-refractivity contribution in [2.45, 2.75) is 18.6 Å². The second-order valence-corrected chi connectivity index (χ2v) is 3.67. The first kappa shape index (κ1) is 13.1. The number of carbonyl (C=O) groups is 2. The highest BCUT2D eigenvalue weighted by Crippen LogP contribution is 2.19. The molecule has 2 unspecified atom stereocenters. The molecule has 0 bridgehead atoms. The SMILES string of the molecule is NC(=O)CC(O)C(O)c1ccc(C(N)=O)cc1. The highest BCUT2D eigenvalue weighted by molar-refractivity contribution is 5.92. The number of hydrogen-bond acceptors (Lipinski definition) is 4. The van der Waals surface area contributed by atoms with Crippen LogP contribution in [0.4, 0.5) is 0 Å². The molecule has 0 saturated carbocycles. The number of primary amides is 2. The first-order valence-electron chi connectivity index (χ1n) is 4.96. The summed E-state index contributed by atoms with van der Waals surface area (Å²) in [5.74, 6) is -1.28. The molecule has 6 nitrogen and oxygen atoms in total. The lowest BCUT2D eigenvalue weighted by Crippen LogP contribution is -2.25. The fourth-order valence-electron chi connectivity index (χ4n) is 1.38. The maximum Gasteiger partial charge on any atom is 0.248 e. The number of carbonyl (C=O) groups excluding carboxylic acids is 2. The summed E-state index contributed by atoms with van der Waals surface area (Å²) >= 11 is 0. The van der Waals surface area contributed by atoms with Gasteiger partial charge in [-0.15, -0.1) is 0 Å². The van der Waals surface area contributed by atoms with Gasteiger partial charge < -0.3 is 21.7 Å². The summed E-state index contributed by atoms with van der Waals surface area (Å²) in [6.45, 7) is 0. The third-order valence-corrected chi connectivity index (χ3v) is 2.31. The minimum Gasteiger partial charge on any atom is -0.390 e. The quantitative estimate of drug-likeness (QED) is 0.527. The Morgan fingerprint density at radius 3 is 2.06 bits per heavy atom. The average Bonchev–Trinajstić information content (AvgIpc) is 2.27. The Bertz CT molecular complexity index is 416. The van der Waals surface area contributed by atoms with E-state index in [9.17, 15) is 19.8 Å². The number of amides is 2. The molecule has 2 atom stereocenters. The summed E-state index contributed by atoms with van der Waals surface area (Å²) in [5, 5.41) is 19.2. The predicted octanol–water partition coefficient (Wildman–Crippen LogP) is -0.945. The van der Waals surface area contributed by atoms with Crippen LogP contribution in [0.5, 0.6) is 0 Å². The third-order valence-electron chi connectivity index (χ3n) is 2.31. The number of aliphatic hydroxyl groups excluding tert-OH is 2. The van der Waals surface area contributed by atoms with Crippen LogP contribution in [0.2, 0.25) is 0 Å². The summed E-state index contributed by atoms with van der Waals surface area (Å²) in [6.07, 6.45) is -2.84. The van der Waals surface area contributed by atoms with Crippen LogP contribution in [0.3, 0.4) is 0 Å². The minimum absolute atomic E-state index is 0.297. The van der Waals surface area contributed by atoms with Gasteiger partial charge in [-0.3, -0.25) is 9.59 Å². The van der Waals surface area contributed by atoms with Crippen molar-refractivity contribution in [2.75, 3.05) is 0 Å². The molecule has 0 radical (unpaired) electrons. The van der Waals surface area contributed by atoms with Gasteiger partial charge in [0.2, 0.25) is 11.8 Å². The van der Waals surface area contributed by atoms with Crippen LogP contribution in [0, 0.1) is 0 Å². The lowest BCUT2D eigenvalue weighted by atomic mass is 10.0. The monoisotopic (exact) mass is 238 g/mol. The fourth-order valence-corrected chi connectivity index (χ4v) is 1.38. The van der Waals surface area contributed by atoms with Gasteiger partial charge >= 0.3 is 0 Å². The first-order valence-corrected chi connectivity index (χ1v) is 4.96. The van der Waals surface area contributed by atoms with Gasteiger partial charge in [-0.05, 0) is 17.7 Å². The highest BCUT2D eigenvalue weighted by atomic mass is 16.3. The third kappa shape index (κ3) is 3.54. The molecule has 1 rings (SSSR count). The van der Waals surface area contributed by atoms with Gasteiger partial charge in [-0.2, -0.15) is 0 Å². The molecular formula is C11H14N2O4. The second-order valence-electron chi connectivity index (χ2n) is 3.67. The Labute approximate surface area is 97.8 Å². The highest BCUT2D eigenvalue weighted by Gasteiger charge is 2.20. The zero-order valence-corrected chi connectivity index (χ0v) is 9.04. The van der Waals surface area contributed by atoms with E-state index in [1.54, 1.807) is 0 Å². The Kier molecular flexibility index (Phi) is 4.19. The van der Waals surface area contributed by atoms with E-state index in [1.807, 2.05) is 0 Å². The van der Waals surface area contributed by atoms with Gasteiger partial charge in [0.1, 0.15) is 6.10 Å². The summed E-state index contributed by atoms with van der Waals surface area (Å²) in [6, 6.07) is 5.76. The smallest absolute Gasteiger partial charge is 0.248 e. The van der Waals surface area contributed by atoms with Crippen LogP contribution in [0.15, 0.2) is 24.3 Å². The fraction of sp³-hybridized carbons (Fsp3) is 0.273. The molecule has 0 aliphatic rings. The van der Waals surface area contributed by atoms with E-state index in [1.165, 1.54) is 24.3 Å². The molecule has 0 spiro atoms. The van der Waals surface area contributed by atoms with Crippen molar-refractivity contribution in [3.05, 3.63) is 35.4 Å². The van der Waals surface area contributed by atoms with Crippen molar-refractivity contribution in [3.63, 3.8) is 0 Å². The van der Waals surface area contributed by atoms with Crippen molar-refractivity contribution in [1.29, 1.82) is 0 Å². The van der Waals surface area contributed by atoms with Crippen molar-refractivity contribution in [2.24, 2.45) is 11.5 Å². The lowest BCUT2D eigenvalue weighted by molar-refractivity contribution is -0.121. The summed E-state index contributed by atoms with van der Waals surface area (Å²) < 4.78 is 0. The second kappa shape index (κ2) is 5.42. The normalized spacial score (nSPS) is 14.0. The summed E-state index contributed by atoms with van der Waals surface area (Å²) in [5.41, 5.74) is 10.6. The number of benzene rings is 1. The van der Waals surface area contributed by atoms with Gasteiger partial charge in [-0.1, -0.05) is 12.1 Å². The van der Waals surface area contributed by atoms with Crippen LogP contribution in [0.1, 0.15) is 28.4 Å². The predicted molar refractivity (Wildman–Crippen MR) is 59.7 cm³/mol. The molecule has 0 fully saturated rings. The van der Waals surface area contributed by atoms with Crippen LogP contribution in [-0.4, -0.2) is 28.1 Å². The van der Waals surface area contributed by atoms with Crippen molar-refractivity contribution in [3.8, 4) is 0 Å². The van der Waals surface area contributed by atoms with Crippen LogP contribution in [0.25, 0.3) is 0 Å². The van der Waals surface area contributed by atoms with Gasteiger partial charge in [-0.25, -0.2) is 0 Å². The molecule has 0 saturated heterocycles. The first-order chi connectivity index (χ1) is 7.91. The molecule has 2 amide bonds. The van der Waals surface area contributed by atoms with Gasteiger partial charge in [0.25, 0.3) is 0 Å². The van der Waals surface area contributed by atoms with Crippen molar-refractivity contribution in [1.82, 2.24) is 0 Å². The van der Waals surface area contributed by atoms with E-state index in [-0.39, 0.29) is 6.42 Å².